The third-order valence-corrected chi connectivity index (χ3v) is 6.30. The van der Waals surface area contributed by atoms with Gasteiger partial charge in [0, 0.05) is 30.9 Å². The van der Waals surface area contributed by atoms with Gasteiger partial charge in [-0.3, -0.25) is 14.5 Å². The molecule has 0 aliphatic carbocycles. The topological polar surface area (TPSA) is 55.9 Å². The minimum Gasteiger partial charge on any atom is -0.338 e. The standard InChI is InChI=1S/C25H33ClN4O2/c1-4-5-12-23(25(32)27-22-11-7-6-10-21(22)26)30-17-16-29(18-19(30)2)24(31)14-13-20-9-8-15-28(20)3/h6-7,10-14,20H,2,4-5,8-9,15-18H2,1,3H3,(H,27,32)/b14-13+,23-12-. The molecule has 3 rings (SSSR count). The highest BCUT2D eigenvalue weighted by Crippen LogP contribution is 2.24. The summed E-state index contributed by atoms with van der Waals surface area (Å²) >= 11 is 6.21. The highest BCUT2D eigenvalue weighted by molar-refractivity contribution is 6.33. The molecule has 2 saturated heterocycles. The summed E-state index contributed by atoms with van der Waals surface area (Å²) in [6, 6.07) is 7.50. The van der Waals surface area contributed by atoms with Crippen LogP contribution in [0.1, 0.15) is 32.6 Å². The van der Waals surface area contributed by atoms with Gasteiger partial charge in [-0.15, -0.1) is 0 Å². The molecule has 32 heavy (non-hydrogen) atoms. The number of amides is 2. The van der Waals surface area contributed by atoms with Crippen LogP contribution in [0.3, 0.4) is 0 Å². The predicted octanol–water partition coefficient (Wildman–Crippen LogP) is 4.27. The first kappa shape index (κ1) is 24.1. The number of rotatable bonds is 7. The van der Waals surface area contributed by atoms with Crippen LogP contribution in [0.15, 0.2) is 60.5 Å². The van der Waals surface area contributed by atoms with Crippen LogP contribution in [0.5, 0.6) is 0 Å². The number of hydrogen-bond acceptors (Lipinski definition) is 4. The largest absolute Gasteiger partial charge is 0.338 e. The Kier molecular flexibility index (Phi) is 8.53. The Morgan fingerprint density at radius 3 is 2.69 bits per heavy atom. The lowest BCUT2D eigenvalue weighted by Crippen LogP contribution is -2.47. The number of hydrogen-bond donors (Lipinski definition) is 1. The zero-order chi connectivity index (χ0) is 23.1. The number of benzene rings is 1. The Labute approximate surface area is 196 Å². The maximum absolute atomic E-state index is 13.1. The highest BCUT2D eigenvalue weighted by atomic mass is 35.5. The van der Waals surface area contributed by atoms with Crippen molar-refractivity contribution in [2.75, 3.05) is 38.5 Å². The summed E-state index contributed by atoms with van der Waals surface area (Å²) in [5, 5.41) is 3.40. The van der Waals surface area contributed by atoms with Gasteiger partial charge in [0.15, 0.2) is 0 Å². The second-order valence-electron chi connectivity index (χ2n) is 8.34. The van der Waals surface area contributed by atoms with Crippen molar-refractivity contribution in [1.82, 2.24) is 14.7 Å². The summed E-state index contributed by atoms with van der Waals surface area (Å²) in [6.07, 6.45) is 9.58. The van der Waals surface area contributed by atoms with E-state index in [1.807, 2.05) is 29.2 Å². The molecule has 2 heterocycles. The SMILES string of the molecule is C=C1CN(C(=O)/C=C/C2CCCN2C)CCN1/C(=C\CCC)C(=O)Nc1ccccc1Cl. The summed E-state index contributed by atoms with van der Waals surface area (Å²) < 4.78 is 0. The first-order chi connectivity index (χ1) is 15.4. The number of allylic oxidation sites excluding steroid dienone is 1. The molecule has 172 valence electrons. The van der Waals surface area contributed by atoms with Crippen LogP contribution in [-0.4, -0.2) is 65.8 Å². The fourth-order valence-corrected chi connectivity index (χ4v) is 4.26. The first-order valence-electron chi connectivity index (χ1n) is 11.3. The van der Waals surface area contributed by atoms with Crippen molar-refractivity contribution >= 4 is 29.1 Å². The normalized spacial score (nSPS) is 20.3. The van der Waals surface area contributed by atoms with E-state index in [-0.39, 0.29) is 11.8 Å². The highest BCUT2D eigenvalue weighted by Gasteiger charge is 2.28. The van der Waals surface area contributed by atoms with Crippen LogP contribution in [0.25, 0.3) is 0 Å². The van der Waals surface area contributed by atoms with E-state index in [0.717, 1.165) is 37.9 Å². The molecule has 1 atom stereocenters. The molecule has 0 saturated carbocycles. The second-order valence-corrected chi connectivity index (χ2v) is 8.75. The number of likely N-dealkylation sites (tertiary alicyclic amines) is 1. The number of nitrogens with zero attached hydrogens (tertiary/aromatic N) is 3. The number of carbonyl (C=O) groups is 2. The molecule has 0 spiro atoms. The minimum absolute atomic E-state index is 0.00860. The van der Waals surface area contributed by atoms with Gasteiger partial charge in [-0.25, -0.2) is 0 Å². The number of unbranched alkanes of at least 4 members (excludes halogenated alkanes) is 1. The Morgan fingerprint density at radius 1 is 1.25 bits per heavy atom. The first-order valence-corrected chi connectivity index (χ1v) is 11.7. The van der Waals surface area contributed by atoms with E-state index < -0.39 is 0 Å². The lowest BCUT2D eigenvalue weighted by molar-refractivity contribution is -0.126. The van der Waals surface area contributed by atoms with E-state index >= 15 is 0 Å². The summed E-state index contributed by atoms with van der Waals surface area (Å²) in [6.45, 7) is 8.76. The smallest absolute Gasteiger partial charge is 0.271 e. The van der Waals surface area contributed by atoms with E-state index in [2.05, 4.69) is 30.8 Å². The quantitative estimate of drug-likeness (QED) is 0.622. The lowest BCUT2D eigenvalue weighted by Gasteiger charge is -2.38. The Morgan fingerprint density at radius 2 is 2.03 bits per heavy atom. The number of nitrogens with one attached hydrogen (secondary N) is 1. The third kappa shape index (κ3) is 6.02. The predicted molar refractivity (Wildman–Crippen MR) is 130 cm³/mol. The average molecular weight is 457 g/mol. The molecule has 2 amide bonds. The third-order valence-electron chi connectivity index (χ3n) is 5.97. The van der Waals surface area contributed by atoms with Gasteiger partial charge >= 0.3 is 0 Å². The fraction of sp³-hybridized carbons (Fsp3) is 0.440. The molecule has 1 aromatic rings. The lowest BCUT2D eigenvalue weighted by atomic mass is 10.1. The van der Waals surface area contributed by atoms with Crippen molar-refractivity contribution in [3.63, 3.8) is 0 Å². The van der Waals surface area contributed by atoms with Crippen LogP contribution in [-0.2, 0) is 9.59 Å². The van der Waals surface area contributed by atoms with Crippen LogP contribution >= 0.6 is 11.6 Å². The fourth-order valence-electron chi connectivity index (χ4n) is 4.08. The summed E-state index contributed by atoms with van der Waals surface area (Å²) in [7, 11) is 2.09. The molecule has 0 radical (unpaired) electrons. The number of carbonyl (C=O) groups excluding carboxylic acids is 2. The maximum atomic E-state index is 13.1. The van der Waals surface area contributed by atoms with Gasteiger partial charge in [-0.05, 0) is 45.0 Å². The van der Waals surface area contributed by atoms with Crippen molar-refractivity contribution in [1.29, 1.82) is 0 Å². The number of para-hydroxylation sites is 1. The molecule has 2 aliphatic rings. The van der Waals surface area contributed by atoms with Gasteiger partial charge in [0.05, 0.1) is 17.3 Å². The number of piperazine rings is 1. The molecule has 0 bridgehead atoms. The van der Waals surface area contributed by atoms with Gasteiger partial charge in [0.1, 0.15) is 5.70 Å². The molecule has 6 nitrogen and oxygen atoms in total. The molecule has 2 fully saturated rings. The van der Waals surface area contributed by atoms with Crippen molar-refractivity contribution in [2.24, 2.45) is 0 Å². The Bertz CT molecular complexity index is 911. The van der Waals surface area contributed by atoms with E-state index in [1.165, 1.54) is 0 Å². The van der Waals surface area contributed by atoms with Crippen molar-refractivity contribution in [3.05, 3.63) is 65.5 Å². The zero-order valence-corrected chi connectivity index (χ0v) is 19.8. The maximum Gasteiger partial charge on any atom is 0.271 e. The molecular formula is C25H33ClN4O2. The number of likely N-dealkylation sites (N-methyl/N-ethyl adjacent to an activating group) is 1. The summed E-state index contributed by atoms with van der Waals surface area (Å²) in [5.41, 5.74) is 1.85. The van der Waals surface area contributed by atoms with E-state index in [4.69, 9.17) is 11.6 Å². The van der Waals surface area contributed by atoms with E-state index in [0.29, 0.717) is 42.1 Å². The van der Waals surface area contributed by atoms with Gasteiger partial charge < -0.3 is 15.1 Å². The monoisotopic (exact) mass is 456 g/mol. The van der Waals surface area contributed by atoms with Crippen molar-refractivity contribution in [2.45, 2.75) is 38.6 Å². The van der Waals surface area contributed by atoms with Crippen LogP contribution < -0.4 is 5.32 Å². The van der Waals surface area contributed by atoms with E-state index in [1.54, 1.807) is 23.1 Å². The van der Waals surface area contributed by atoms with Crippen molar-refractivity contribution in [3.8, 4) is 0 Å². The molecule has 1 unspecified atom stereocenters. The number of anilines is 1. The zero-order valence-electron chi connectivity index (χ0n) is 19.0. The Hall–Kier alpha value is -2.57. The van der Waals surface area contributed by atoms with Crippen LogP contribution in [0.2, 0.25) is 5.02 Å². The molecular weight excluding hydrogens is 424 g/mol. The van der Waals surface area contributed by atoms with Gasteiger partial charge in [-0.1, -0.05) is 55.8 Å². The minimum atomic E-state index is -0.225. The second kappa shape index (κ2) is 11.3. The summed E-state index contributed by atoms with van der Waals surface area (Å²) in [5.74, 6) is -0.234. The van der Waals surface area contributed by atoms with E-state index in [9.17, 15) is 9.59 Å². The van der Waals surface area contributed by atoms with Crippen LogP contribution in [0.4, 0.5) is 5.69 Å². The van der Waals surface area contributed by atoms with Gasteiger partial charge in [0.25, 0.3) is 5.91 Å². The molecule has 1 aromatic carbocycles. The molecule has 7 heteroatoms. The molecule has 1 N–H and O–H groups in total. The molecule has 0 aromatic heterocycles. The average Bonchev–Trinajstić information content (AvgIpc) is 3.19. The van der Waals surface area contributed by atoms with Crippen LogP contribution in [0, 0.1) is 0 Å². The van der Waals surface area contributed by atoms with Gasteiger partial charge in [0.2, 0.25) is 5.91 Å². The van der Waals surface area contributed by atoms with Crippen molar-refractivity contribution < 1.29 is 9.59 Å². The molecule has 2 aliphatic heterocycles. The Balaban J connectivity index is 1.66. The number of halogens is 1. The van der Waals surface area contributed by atoms with Gasteiger partial charge in [-0.2, -0.15) is 0 Å². The summed E-state index contributed by atoms with van der Waals surface area (Å²) in [4.78, 5) is 31.8.